The van der Waals surface area contributed by atoms with Crippen molar-refractivity contribution in [3.8, 4) is 5.75 Å². The lowest BCUT2D eigenvalue weighted by molar-refractivity contribution is -0.146. The Morgan fingerprint density at radius 2 is 1.89 bits per heavy atom. The molecule has 10 nitrogen and oxygen atoms in total. The van der Waals surface area contributed by atoms with Gasteiger partial charge in [0.2, 0.25) is 5.78 Å². The first-order valence-corrected chi connectivity index (χ1v) is 12.4. The van der Waals surface area contributed by atoms with Crippen LogP contribution in [0.5, 0.6) is 5.75 Å². The van der Waals surface area contributed by atoms with Gasteiger partial charge in [-0.1, -0.05) is 0 Å². The van der Waals surface area contributed by atoms with Crippen LogP contribution in [-0.2, 0) is 22.4 Å². The summed E-state index contributed by atoms with van der Waals surface area (Å²) in [5.74, 6) is -7.82. The second-order valence-corrected chi connectivity index (χ2v) is 10.9. The first-order valence-electron chi connectivity index (χ1n) is 12.4. The number of hydrogen-bond acceptors (Lipinski definition) is 9. The fraction of sp³-hybridized carbons (Fsp3) is 0.500. The van der Waals surface area contributed by atoms with Crippen LogP contribution >= 0.6 is 0 Å². The first-order chi connectivity index (χ1) is 17.4. The molecule has 1 amide bonds. The number of primary amides is 1. The van der Waals surface area contributed by atoms with Crippen molar-refractivity contribution in [3.05, 3.63) is 50.7 Å². The number of phenolic OH excluding ortho intramolecular Hbond substituents is 1. The lowest BCUT2D eigenvalue weighted by Gasteiger charge is -2.48. The number of aromatic hydroxyl groups is 1. The molecule has 5 aliphatic rings. The number of carbonyl (C=O) groups excluding carboxylic acids is 3. The molecule has 7 N–H and O–H groups in total. The monoisotopic (exact) mass is 513 g/mol. The van der Waals surface area contributed by atoms with Gasteiger partial charge in [0.15, 0.2) is 11.4 Å². The SMILES string of the molecule is CN[C@@H]1C(O)=C(C(N)=O)C(=O)[C@@]2(O)C(O)=C3C(=O)c4c(O)c5c(c(F)c4C[C@H]3C[C@@H]12)C1C(CCN1C)C5. The number of amides is 1. The summed E-state index contributed by atoms with van der Waals surface area (Å²) in [5, 5.41) is 47.4. The van der Waals surface area contributed by atoms with Gasteiger partial charge in [-0.3, -0.25) is 19.3 Å². The number of nitrogens with zero attached hydrogens (tertiary/aromatic N) is 1. The lowest BCUT2D eigenvalue weighted by atomic mass is 9.58. The van der Waals surface area contributed by atoms with Gasteiger partial charge in [0.25, 0.3) is 5.91 Å². The minimum atomic E-state index is -2.71. The highest BCUT2D eigenvalue weighted by atomic mass is 19.1. The van der Waals surface area contributed by atoms with Crippen molar-refractivity contribution in [3.63, 3.8) is 0 Å². The Labute approximate surface area is 211 Å². The average Bonchev–Trinajstić information content (AvgIpc) is 3.40. The third kappa shape index (κ3) is 2.76. The summed E-state index contributed by atoms with van der Waals surface area (Å²) in [6.07, 6.45) is 1.11. The van der Waals surface area contributed by atoms with E-state index in [4.69, 9.17) is 5.73 Å². The van der Waals surface area contributed by atoms with Crippen molar-refractivity contribution >= 4 is 17.5 Å². The second kappa shape index (κ2) is 7.62. The van der Waals surface area contributed by atoms with E-state index in [1.54, 1.807) is 0 Å². The Balaban J connectivity index is 1.54. The molecule has 1 aromatic carbocycles. The molecule has 6 atom stereocenters. The molecule has 4 aliphatic carbocycles. The Morgan fingerprint density at radius 3 is 2.54 bits per heavy atom. The number of hydrogen-bond donors (Lipinski definition) is 6. The van der Waals surface area contributed by atoms with Gasteiger partial charge in [0.1, 0.15) is 28.7 Å². The number of ketones is 2. The summed E-state index contributed by atoms with van der Waals surface area (Å²) >= 11 is 0. The van der Waals surface area contributed by atoms with Gasteiger partial charge in [-0.25, -0.2) is 4.39 Å². The molecule has 0 aromatic heterocycles. The molecule has 1 aliphatic heterocycles. The minimum absolute atomic E-state index is 0.0509. The number of Topliss-reactive ketones (excluding diaryl/α,β-unsaturated/α-hetero) is 2. The van der Waals surface area contributed by atoms with Gasteiger partial charge in [-0.05, 0) is 58.2 Å². The third-order valence-electron chi connectivity index (χ3n) is 9.29. The van der Waals surface area contributed by atoms with E-state index in [1.165, 1.54) is 7.05 Å². The topological polar surface area (TPSA) is 173 Å². The number of aliphatic hydroxyl groups excluding tert-OH is 2. The number of carbonyl (C=O) groups is 3. The number of fused-ring (bicyclic) bond motifs is 6. The molecular weight excluding hydrogens is 485 g/mol. The molecule has 1 heterocycles. The van der Waals surface area contributed by atoms with Crippen LogP contribution in [0.4, 0.5) is 4.39 Å². The maximum atomic E-state index is 16.1. The van der Waals surface area contributed by atoms with E-state index in [9.17, 15) is 34.8 Å². The van der Waals surface area contributed by atoms with Gasteiger partial charge in [0, 0.05) is 34.2 Å². The number of halogens is 1. The molecule has 1 aromatic rings. The highest BCUT2D eigenvalue weighted by molar-refractivity contribution is 6.24. The number of benzene rings is 1. The van der Waals surface area contributed by atoms with Crippen LogP contribution in [-0.4, -0.2) is 75.1 Å². The highest BCUT2D eigenvalue weighted by Gasteiger charge is 2.63. The van der Waals surface area contributed by atoms with Crippen molar-refractivity contribution in [2.75, 3.05) is 20.6 Å². The van der Waals surface area contributed by atoms with Crippen LogP contribution < -0.4 is 11.1 Å². The number of nitrogens with one attached hydrogen (secondary N) is 1. The largest absolute Gasteiger partial charge is 0.510 e. The Hall–Kier alpha value is -3.28. The van der Waals surface area contributed by atoms with Crippen LogP contribution in [0.1, 0.15) is 45.9 Å². The Bertz CT molecular complexity index is 1380. The maximum Gasteiger partial charge on any atom is 0.255 e. The molecule has 11 heteroatoms. The average molecular weight is 514 g/mol. The molecule has 0 bridgehead atoms. The zero-order valence-corrected chi connectivity index (χ0v) is 20.3. The normalized spacial score (nSPS) is 34.8. The summed E-state index contributed by atoms with van der Waals surface area (Å²) in [4.78, 5) is 41.0. The third-order valence-corrected chi connectivity index (χ3v) is 9.29. The number of likely N-dealkylation sites (N-methyl/N-ethyl adjacent to an activating group) is 1. The number of aliphatic hydroxyl groups is 3. The van der Waals surface area contributed by atoms with Gasteiger partial charge in [0.05, 0.1) is 11.6 Å². The highest BCUT2D eigenvalue weighted by Crippen LogP contribution is 2.56. The molecule has 0 spiro atoms. The van der Waals surface area contributed by atoms with E-state index in [0.29, 0.717) is 17.5 Å². The van der Waals surface area contributed by atoms with Crippen molar-refractivity contribution < 1.29 is 39.2 Å². The van der Waals surface area contributed by atoms with Crippen molar-refractivity contribution in [1.29, 1.82) is 0 Å². The maximum absolute atomic E-state index is 16.1. The minimum Gasteiger partial charge on any atom is -0.510 e. The summed E-state index contributed by atoms with van der Waals surface area (Å²) in [6.45, 7) is 0.804. The van der Waals surface area contributed by atoms with E-state index in [-0.39, 0.29) is 47.3 Å². The van der Waals surface area contributed by atoms with Crippen molar-refractivity contribution in [1.82, 2.24) is 10.2 Å². The molecule has 0 saturated carbocycles. The predicted octanol–water partition coefficient (Wildman–Crippen LogP) is 0.466. The number of phenols is 1. The Morgan fingerprint density at radius 1 is 1.19 bits per heavy atom. The van der Waals surface area contributed by atoms with Crippen LogP contribution in [0, 0.1) is 23.6 Å². The molecular formula is C26H28FN3O7. The zero-order chi connectivity index (χ0) is 26.7. The molecule has 1 saturated heterocycles. The number of allylic oxidation sites excluding steroid dienone is 1. The summed E-state index contributed by atoms with van der Waals surface area (Å²) in [7, 11) is 3.34. The van der Waals surface area contributed by atoms with E-state index < -0.39 is 63.9 Å². The van der Waals surface area contributed by atoms with E-state index in [0.717, 1.165) is 13.0 Å². The summed E-state index contributed by atoms with van der Waals surface area (Å²) in [6, 6.07) is -1.33. The smallest absolute Gasteiger partial charge is 0.255 e. The van der Waals surface area contributed by atoms with Gasteiger partial charge in [-0.2, -0.15) is 0 Å². The zero-order valence-electron chi connectivity index (χ0n) is 20.3. The molecule has 37 heavy (non-hydrogen) atoms. The summed E-state index contributed by atoms with van der Waals surface area (Å²) < 4.78 is 16.1. The predicted molar refractivity (Wildman–Crippen MR) is 126 cm³/mol. The lowest BCUT2D eigenvalue weighted by Crippen LogP contribution is -2.63. The van der Waals surface area contributed by atoms with Gasteiger partial charge in [-0.15, -0.1) is 0 Å². The van der Waals surface area contributed by atoms with Crippen LogP contribution in [0.25, 0.3) is 0 Å². The van der Waals surface area contributed by atoms with Crippen LogP contribution in [0.2, 0.25) is 0 Å². The fourth-order valence-electron chi connectivity index (χ4n) is 7.65. The molecule has 196 valence electrons. The molecule has 0 radical (unpaired) electrons. The number of likely N-dealkylation sites (tertiary alicyclic amines) is 1. The second-order valence-electron chi connectivity index (χ2n) is 10.9. The Kier molecular flexibility index (Phi) is 4.96. The van der Waals surface area contributed by atoms with Crippen LogP contribution in [0.3, 0.4) is 0 Å². The van der Waals surface area contributed by atoms with E-state index in [2.05, 4.69) is 5.32 Å². The molecule has 2 unspecified atom stereocenters. The van der Waals surface area contributed by atoms with E-state index >= 15 is 4.39 Å². The standard InChI is InChI=1S/C26H28FN3O7/c1-29-18-12-7-9-6-10-15(20(31)11-5-8-3-4-30(2)19(8)14(11)17(10)27)21(32)13(9)23(34)26(12,37)24(35)16(22(18)33)25(28)36/h8-9,12,18-19,29,31,33-34,37H,3-7H2,1-2H3,(H2,28,36)/t8?,9-,12-,18-,19?,26-/m0/s1. The van der Waals surface area contributed by atoms with E-state index in [1.807, 2.05) is 11.9 Å². The fourth-order valence-corrected chi connectivity index (χ4v) is 7.65. The summed E-state index contributed by atoms with van der Waals surface area (Å²) in [5.41, 5.74) is 1.98. The molecule has 1 fully saturated rings. The quantitative estimate of drug-likeness (QED) is 0.307. The van der Waals surface area contributed by atoms with Crippen LogP contribution in [0.15, 0.2) is 22.7 Å². The number of rotatable bonds is 2. The number of nitrogens with two attached hydrogens (primary N) is 1. The van der Waals surface area contributed by atoms with Gasteiger partial charge < -0.3 is 31.5 Å². The van der Waals surface area contributed by atoms with Gasteiger partial charge >= 0.3 is 0 Å². The molecule has 6 rings (SSSR count). The van der Waals surface area contributed by atoms with Crippen molar-refractivity contribution in [2.24, 2.45) is 23.5 Å². The van der Waals surface area contributed by atoms with Crippen molar-refractivity contribution in [2.45, 2.75) is 43.4 Å². The first kappa shape index (κ1) is 24.1.